The van der Waals surface area contributed by atoms with Crippen LogP contribution in [0.1, 0.15) is 5.56 Å². The maximum absolute atomic E-state index is 12.5. The fourth-order valence-corrected chi connectivity index (χ4v) is 3.56. The average molecular weight is 435 g/mol. The first-order valence-electron chi connectivity index (χ1n) is 8.35. The molecule has 0 aromatic heterocycles. The van der Waals surface area contributed by atoms with E-state index >= 15 is 0 Å². The van der Waals surface area contributed by atoms with E-state index in [2.05, 4.69) is 0 Å². The SMILES string of the molecule is COc1ccc(/C=C2\SC(=O)N(CCOc3ccc(Cl)cc3)C2=O)cc1[N+](=O)[O-]. The van der Waals surface area contributed by atoms with Crippen LogP contribution in [0.3, 0.4) is 0 Å². The number of halogens is 1. The van der Waals surface area contributed by atoms with E-state index in [4.69, 9.17) is 21.1 Å². The second kappa shape index (κ2) is 8.97. The van der Waals surface area contributed by atoms with Crippen LogP contribution in [0.4, 0.5) is 10.5 Å². The highest BCUT2D eigenvalue weighted by Crippen LogP contribution is 2.34. The molecule has 0 radical (unpaired) electrons. The lowest BCUT2D eigenvalue weighted by Crippen LogP contribution is -2.32. The number of amides is 2. The molecule has 1 heterocycles. The van der Waals surface area contributed by atoms with Gasteiger partial charge in [-0.25, -0.2) is 0 Å². The Labute approximate surface area is 175 Å². The van der Waals surface area contributed by atoms with Crippen LogP contribution in [0.25, 0.3) is 6.08 Å². The van der Waals surface area contributed by atoms with Crippen molar-refractivity contribution >= 4 is 46.3 Å². The second-order valence-corrected chi connectivity index (χ2v) is 7.25. The number of nitrogens with zero attached hydrogens (tertiary/aromatic N) is 2. The number of imide groups is 1. The summed E-state index contributed by atoms with van der Waals surface area (Å²) in [5, 5.41) is 11.3. The minimum Gasteiger partial charge on any atom is -0.492 e. The van der Waals surface area contributed by atoms with Gasteiger partial charge in [0, 0.05) is 11.1 Å². The molecule has 29 heavy (non-hydrogen) atoms. The number of ether oxygens (including phenoxy) is 2. The van der Waals surface area contributed by atoms with Gasteiger partial charge in [-0.05, 0) is 53.7 Å². The maximum atomic E-state index is 12.5. The molecular weight excluding hydrogens is 420 g/mol. The van der Waals surface area contributed by atoms with Crippen LogP contribution in [-0.2, 0) is 4.79 Å². The Kier molecular flexibility index (Phi) is 6.40. The summed E-state index contributed by atoms with van der Waals surface area (Å²) in [6.45, 7) is 0.203. The van der Waals surface area contributed by atoms with Gasteiger partial charge in [-0.3, -0.25) is 24.6 Å². The molecule has 0 atom stereocenters. The Balaban J connectivity index is 1.68. The first kappa shape index (κ1) is 20.7. The maximum Gasteiger partial charge on any atom is 0.311 e. The van der Waals surface area contributed by atoms with Gasteiger partial charge >= 0.3 is 5.69 Å². The number of nitro benzene ring substituents is 1. The van der Waals surface area contributed by atoms with Crippen molar-refractivity contribution in [2.75, 3.05) is 20.3 Å². The van der Waals surface area contributed by atoms with E-state index in [0.29, 0.717) is 16.3 Å². The lowest BCUT2D eigenvalue weighted by Gasteiger charge is -2.13. The van der Waals surface area contributed by atoms with E-state index in [1.807, 2.05) is 0 Å². The number of carbonyl (C=O) groups is 2. The third-order valence-electron chi connectivity index (χ3n) is 3.97. The normalized spacial score (nSPS) is 15.1. The Hall–Kier alpha value is -3.04. The van der Waals surface area contributed by atoms with Crippen molar-refractivity contribution < 1.29 is 24.0 Å². The molecule has 2 amide bonds. The largest absolute Gasteiger partial charge is 0.492 e. The zero-order valence-electron chi connectivity index (χ0n) is 15.2. The minimum atomic E-state index is -0.573. The highest BCUT2D eigenvalue weighted by atomic mass is 35.5. The third-order valence-corrected chi connectivity index (χ3v) is 5.13. The molecule has 0 bridgehead atoms. The molecule has 0 saturated carbocycles. The Morgan fingerprint density at radius 1 is 1.21 bits per heavy atom. The summed E-state index contributed by atoms with van der Waals surface area (Å²) in [6.07, 6.45) is 1.44. The zero-order valence-corrected chi connectivity index (χ0v) is 16.7. The standard InChI is InChI=1S/C19H15ClN2O6S/c1-27-16-7-2-12(10-15(16)22(25)26)11-17-18(23)21(19(24)29-17)8-9-28-14-5-3-13(20)4-6-14/h2-7,10-11H,8-9H2,1H3/b17-11-. The van der Waals surface area contributed by atoms with Crippen LogP contribution in [-0.4, -0.2) is 41.2 Å². The van der Waals surface area contributed by atoms with Crippen molar-refractivity contribution in [2.24, 2.45) is 0 Å². The molecule has 1 fully saturated rings. The molecule has 0 aliphatic carbocycles. The van der Waals surface area contributed by atoms with E-state index in [0.717, 1.165) is 16.7 Å². The molecule has 3 rings (SSSR count). The van der Waals surface area contributed by atoms with Crippen LogP contribution in [0.15, 0.2) is 47.4 Å². The van der Waals surface area contributed by atoms with E-state index in [-0.39, 0.29) is 29.5 Å². The number of methoxy groups -OCH3 is 1. The lowest BCUT2D eigenvalue weighted by atomic mass is 10.1. The summed E-state index contributed by atoms with van der Waals surface area (Å²) in [5.41, 5.74) is 0.192. The molecule has 2 aromatic carbocycles. The minimum absolute atomic E-state index is 0.0768. The van der Waals surface area contributed by atoms with E-state index in [1.165, 1.54) is 25.3 Å². The van der Waals surface area contributed by atoms with Crippen LogP contribution in [0.2, 0.25) is 5.02 Å². The van der Waals surface area contributed by atoms with Crippen molar-refractivity contribution in [3.63, 3.8) is 0 Å². The van der Waals surface area contributed by atoms with Gasteiger partial charge in [0.15, 0.2) is 5.75 Å². The topological polar surface area (TPSA) is 99.0 Å². The van der Waals surface area contributed by atoms with Crippen molar-refractivity contribution in [1.82, 2.24) is 4.90 Å². The quantitative estimate of drug-likeness (QED) is 0.362. The molecular formula is C19H15ClN2O6S. The highest BCUT2D eigenvalue weighted by Gasteiger charge is 2.35. The monoisotopic (exact) mass is 434 g/mol. The second-order valence-electron chi connectivity index (χ2n) is 5.82. The Bertz CT molecular complexity index is 993. The summed E-state index contributed by atoms with van der Waals surface area (Å²) in [5.74, 6) is 0.209. The number of hydrogen-bond acceptors (Lipinski definition) is 7. The van der Waals surface area contributed by atoms with Gasteiger partial charge < -0.3 is 9.47 Å². The molecule has 0 spiro atoms. The van der Waals surface area contributed by atoms with Crippen molar-refractivity contribution in [1.29, 1.82) is 0 Å². The van der Waals surface area contributed by atoms with Gasteiger partial charge in [0.05, 0.1) is 23.5 Å². The number of hydrogen-bond donors (Lipinski definition) is 0. The number of carbonyl (C=O) groups excluding carboxylic acids is 2. The molecule has 0 N–H and O–H groups in total. The zero-order chi connectivity index (χ0) is 21.0. The van der Waals surface area contributed by atoms with Crippen molar-refractivity contribution in [3.05, 3.63) is 68.1 Å². The molecule has 2 aromatic rings. The highest BCUT2D eigenvalue weighted by molar-refractivity contribution is 8.18. The smallest absolute Gasteiger partial charge is 0.311 e. The van der Waals surface area contributed by atoms with Gasteiger partial charge in [-0.2, -0.15) is 0 Å². The fourth-order valence-electron chi connectivity index (χ4n) is 2.57. The summed E-state index contributed by atoms with van der Waals surface area (Å²) in [4.78, 5) is 36.5. The van der Waals surface area contributed by atoms with Crippen molar-refractivity contribution in [3.8, 4) is 11.5 Å². The molecule has 0 unspecified atom stereocenters. The molecule has 10 heteroatoms. The van der Waals surface area contributed by atoms with E-state index < -0.39 is 16.1 Å². The molecule has 1 aliphatic rings. The number of rotatable bonds is 7. The third kappa shape index (κ3) is 4.87. The number of benzene rings is 2. The molecule has 1 saturated heterocycles. The predicted octanol–water partition coefficient (Wildman–Crippen LogP) is 4.37. The predicted molar refractivity (Wildman–Crippen MR) is 109 cm³/mol. The number of thioether (sulfide) groups is 1. The van der Waals surface area contributed by atoms with E-state index in [1.54, 1.807) is 30.3 Å². The van der Waals surface area contributed by atoms with E-state index in [9.17, 15) is 19.7 Å². The van der Waals surface area contributed by atoms with Crippen LogP contribution < -0.4 is 9.47 Å². The van der Waals surface area contributed by atoms with Gasteiger partial charge in [0.25, 0.3) is 11.1 Å². The van der Waals surface area contributed by atoms with Crippen LogP contribution >= 0.6 is 23.4 Å². The average Bonchev–Trinajstić information content (AvgIpc) is 2.96. The van der Waals surface area contributed by atoms with Crippen LogP contribution in [0.5, 0.6) is 11.5 Å². The first-order valence-corrected chi connectivity index (χ1v) is 9.54. The molecule has 1 aliphatic heterocycles. The fraction of sp³-hybridized carbons (Fsp3) is 0.158. The lowest BCUT2D eigenvalue weighted by molar-refractivity contribution is -0.385. The molecule has 150 valence electrons. The number of nitro groups is 1. The summed E-state index contributed by atoms with van der Waals surface area (Å²) >= 11 is 6.58. The van der Waals surface area contributed by atoms with Crippen LogP contribution in [0, 0.1) is 10.1 Å². The van der Waals surface area contributed by atoms with Gasteiger partial charge in [-0.1, -0.05) is 17.7 Å². The molecule has 8 nitrogen and oxygen atoms in total. The van der Waals surface area contributed by atoms with Gasteiger partial charge in [-0.15, -0.1) is 0 Å². The summed E-state index contributed by atoms with van der Waals surface area (Å²) in [6, 6.07) is 11.0. The summed E-state index contributed by atoms with van der Waals surface area (Å²) in [7, 11) is 1.33. The van der Waals surface area contributed by atoms with Gasteiger partial charge in [0.1, 0.15) is 12.4 Å². The summed E-state index contributed by atoms with van der Waals surface area (Å²) < 4.78 is 10.5. The first-order chi connectivity index (χ1) is 13.9. The van der Waals surface area contributed by atoms with Gasteiger partial charge in [0.2, 0.25) is 0 Å². The van der Waals surface area contributed by atoms with Crippen molar-refractivity contribution in [2.45, 2.75) is 0 Å². The Morgan fingerprint density at radius 3 is 2.59 bits per heavy atom. The Morgan fingerprint density at radius 2 is 1.93 bits per heavy atom.